The number of phenolic OH excluding ortho intramolecular Hbond substituents is 1. The second-order valence-electron chi connectivity index (χ2n) is 7.96. The van der Waals surface area contributed by atoms with Gasteiger partial charge in [-0.3, -0.25) is 4.79 Å². The molecule has 1 aliphatic heterocycles. The summed E-state index contributed by atoms with van der Waals surface area (Å²) >= 11 is 34.3. The van der Waals surface area contributed by atoms with Crippen LogP contribution < -0.4 is 10.2 Å². The van der Waals surface area contributed by atoms with Gasteiger partial charge >= 0.3 is 5.97 Å². The molecule has 1 N–H and O–H groups in total. The van der Waals surface area contributed by atoms with Gasteiger partial charge in [0.25, 0.3) is 0 Å². The third kappa shape index (κ3) is 5.25. The summed E-state index contributed by atoms with van der Waals surface area (Å²) in [6.07, 6.45) is 0. The fourth-order valence-corrected chi connectivity index (χ4v) is 8.57. The molecule has 1 heterocycles. The zero-order chi connectivity index (χ0) is 28.3. The average Bonchev–Trinajstić information content (AvgIpc) is 2.91. The van der Waals surface area contributed by atoms with Gasteiger partial charge in [0.2, 0.25) is 5.43 Å². The van der Waals surface area contributed by atoms with Crippen LogP contribution in [0.5, 0.6) is 11.5 Å². The van der Waals surface area contributed by atoms with Crippen molar-refractivity contribution in [3.8, 4) is 33.9 Å². The molecule has 3 aromatic carbocycles. The maximum Gasteiger partial charge on any atom is 0.345 e. The van der Waals surface area contributed by atoms with Crippen LogP contribution in [-0.2, 0) is 0 Å². The molecule has 0 unspecified atom stereocenters. The first-order valence-electron chi connectivity index (χ1n) is 10.5. The second-order valence-corrected chi connectivity index (χ2v) is 14.0. The summed E-state index contributed by atoms with van der Waals surface area (Å²) in [5.41, 5.74) is 0.940. The van der Waals surface area contributed by atoms with E-state index in [1.807, 2.05) is 90.4 Å². The van der Waals surface area contributed by atoms with Crippen LogP contribution in [0.2, 0.25) is 20.1 Å². The Balaban J connectivity index is 2.01. The first-order chi connectivity index (χ1) is 18.4. The molecule has 39 heavy (non-hydrogen) atoms. The van der Waals surface area contributed by atoms with Gasteiger partial charge in [-0.2, -0.15) is 0 Å². The predicted octanol–water partition coefficient (Wildman–Crippen LogP) is 10.5. The van der Waals surface area contributed by atoms with E-state index in [4.69, 9.17) is 55.6 Å². The second kappa shape index (κ2) is 11.8. The topological polar surface area (TPSA) is 76.7 Å². The summed E-state index contributed by atoms with van der Waals surface area (Å²) in [6.45, 7) is 0. The lowest BCUT2D eigenvalue weighted by atomic mass is 9.90. The molecular formula is C26H8Cl4I4O5. The minimum absolute atomic E-state index is 0.00240. The van der Waals surface area contributed by atoms with Gasteiger partial charge in [0.05, 0.1) is 36.4 Å². The van der Waals surface area contributed by atoms with Crippen LogP contribution in [0.1, 0.15) is 10.4 Å². The average molecular weight is 1050 g/mol. The van der Waals surface area contributed by atoms with Crippen molar-refractivity contribution < 1.29 is 19.1 Å². The van der Waals surface area contributed by atoms with E-state index in [0.717, 1.165) is 0 Å². The molecule has 0 radical (unpaired) electrons. The number of para-hydroxylation sites is 1. The SMILES string of the molecule is O=C(Oc1ccccc1)c1c(Cl)c(Cl)c(Cl)c(Cl)c1-c1c2cc(I)c(=O)c(I)c-2oc2c(I)c(O)c(I)cc12. The zero-order valence-corrected chi connectivity index (χ0v) is 30.3. The molecule has 198 valence electrons. The molecule has 0 aromatic heterocycles. The van der Waals surface area contributed by atoms with Gasteiger partial charge in [-0.25, -0.2) is 4.79 Å². The molecule has 3 aromatic rings. The molecule has 2 aliphatic rings. The molecule has 0 atom stereocenters. The van der Waals surface area contributed by atoms with Gasteiger partial charge in [-0.1, -0.05) is 64.6 Å². The van der Waals surface area contributed by atoms with Crippen LogP contribution in [0.3, 0.4) is 0 Å². The van der Waals surface area contributed by atoms with Crippen molar-refractivity contribution in [1.82, 2.24) is 0 Å². The van der Waals surface area contributed by atoms with E-state index >= 15 is 0 Å². The minimum Gasteiger partial charge on any atom is -0.506 e. The van der Waals surface area contributed by atoms with Gasteiger partial charge in [0.1, 0.15) is 15.1 Å². The van der Waals surface area contributed by atoms with Gasteiger partial charge in [-0.15, -0.1) is 0 Å². The third-order valence-corrected chi connectivity index (χ3v) is 11.1. The Bertz CT molecular complexity index is 1880. The summed E-state index contributed by atoms with van der Waals surface area (Å²) in [6, 6.07) is 11.8. The van der Waals surface area contributed by atoms with Crippen LogP contribution in [0.15, 0.2) is 51.7 Å². The molecule has 0 amide bonds. The lowest BCUT2D eigenvalue weighted by Crippen LogP contribution is -2.14. The number of carbonyl (C=O) groups excluding carboxylic acids is 1. The Morgan fingerprint density at radius 1 is 0.821 bits per heavy atom. The first kappa shape index (κ1) is 30.2. The number of carbonyl (C=O) groups is 1. The Hall–Kier alpha value is -0.300. The highest BCUT2D eigenvalue weighted by Gasteiger charge is 2.33. The van der Waals surface area contributed by atoms with Crippen molar-refractivity contribution >= 4 is 154 Å². The number of benzene rings is 4. The fraction of sp³-hybridized carbons (Fsp3) is 0. The van der Waals surface area contributed by atoms with E-state index in [1.165, 1.54) is 0 Å². The lowest BCUT2D eigenvalue weighted by Gasteiger charge is -2.22. The van der Waals surface area contributed by atoms with Crippen molar-refractivity contribution in [2.45, 2.75) is 0 Å². The number of rotatable bonds is 3. The number of aromatic hydroxyl groups is 1. The van der Waals surface area contributed by atoms with Gasteiger partial charge in [0.15, 0.2) is 11.3 Å². The molecule has 5 nitrogen and oxygen atoms in total. The Labute approximate surface area is 295 Å². The molecule has 13 heteroatoms. The standard InChI is InChI=1S/C26H8Cl4I4O5/c27-16-14(15(17(28)19(30)18(16)29)26(37)38-8-4-2-1-3-5-8)13-9-6-11(31)22(35)20(33)24(9)39-25-10(13)7-12(32)23(36)21(25)34/h1-7,35H. The molecule has 0 spiro atoms. The Kier molecular flexibility index (Phi) is 9.10. The number of hydrogen-bond donors (Lipinski definition) is 1. The van der Waals surface area contributed by atoms with E-state index in [2.05, 4.69) is 0 Å². The van der Waals surface area contributed by atoms with Crippen molar-refractivity contribution in [1.29, 1.82) is 0 Å². The van der Waals surface area contributed by atoms with E-state index in [0.29, 0.717) is 30.8 Å². The monoisotopic (exact) mass is 1050 g/mol. The van der Waals surface area contributed by atoms with Crippen LogP contribution in [-0.4, -0.2) is 11.1 Å². The number of fused-ring (bicyclic) bond motifs is 2. The van der Waals surface area contributed by atoms with Crippen molar-refractivity contribution in [2.75, 3.05) is 0 Å². The number of halogens is 8. The van der Waals surface area contributed by atoms with Crippen molar-refractivity contribution in [3.05, 3.63) is 92.6 Å². The molecule has 0 saturated heterocycles. The number of esters is 1. The van der Waals surface area contributed by atoms with Gasteiger partial charge in [0, 0.05) is 22.1 Å². The first-order valence-corrected chi connectivity index (χ1v) is 16.4. The van der Waals surface area contributed by atoms with Crippen molar-refractivity contribution in [3.63, 3.8) is 0 Å². The maximum absolute atomic E-state index is 13.7. The highest BCUT2D eigenvalue weighted by Crippen LogP contribution is 2.52. The quantitative estimate of drug-likeness (QED) is 0.0487. The minimum atomic E-state index is -0.822. The molecule has 0 saturated carbocycles. The molecule has 0 fully saturated rings. The lowest BCUT2D eigenvalue weighted by molar-refractivity contribution is 0.0736. The number of hydrogen-bond acceptors (Lipinski definition) is 5. The Morgan fingerprint density at radius 2 is 1.46 bits per heavy atom. The summed E-state index contributed by atoms with van der Waals surface area (Å²) in [5.74, 6) is -0.305. The van der Waals surface area contributed by atoms with E-state index in [-0.39, 0.29) is 59.5 Å². The zero-order valence-electron chi connectivity index (χ0n) is 18.6. The summed E-state index contributed by atoms with van der Waals surface area (Å²) in [5, 5.41) is 10.8. The molecular weight excluding hydrogens is 1040 g/mol. The third-order valence-electron chi connectivity index (χ3n) is 5.70. The van der Waals surface area contributed by atoms with E-state index in [9.17, 15) is 14.7 Å². The smallest absolute Gasteiger partial charge is 0.345 e. The van der Waals surface area contributed by atoms with Gasteiger partial charge < -0.3 is 14.3 Å². The summed E-state index contributed by atoms with van der Waals surface area (Å²) in [4.78, 5) is 26.6. The van der Waals surface area contributed by atoms with Crippen LogP contribution in [0.4, 0.5) is 0 Å². The van der Waals surface area contributed by atoms with Gasteiger partial charge in [-0.05, 0) is 115 Å². The highest BCUT2D eigenvalue weighted by molar-refractivity contribution is 14.1. The fourth-order valence-electron chi connectivity index (χ4n) is 3.97. The van der Waals surface area contributed by atoms with Crippen LogP contribution in [0.25, 0.3) is 33.4 Å². The van der Waals surface area contributed by atoms with Crippen LogP contribution in [0, 0.1) is 14.3 Å². The summed E-state index contributed by atoms with van der Waals surface area (Å²) < 4.78 is 13.5. The van der Waals surface area contributed by atoms with E-state index < -0.39 is 5.97 Å². The van der Waals surface area contributed by atoms with Crippen LogP contribution >= 0.6 is 137 Å². The Morgan fingerprint density at radius 3 is 2.13 bits per heavy atom. The molecule has 1 aliphatic carbocycles. The van der Waals surface area contributed by atoms with E-state index in [1.54, 1.807) is 42.5 Å². The normalized spacial score (nSPS) is 11.4. The molecule has 5 rings (SSSR count). The van der Waals surface area contributed by atoms with Crippen molar-refractivity contribution in [2.24, 2.45) is 0 Å². The largest absolute Gasteiger partial charge is 0.506 e. The molecule has 0 bridgehead atoms. The highest BCUT2D eigenvalue weighted by atomic mass is 127. The number of ether oxygens (including phenoxy) is 1. The number of phenols is 1. The predicted molar refractivity (Wildman–Crippen MR) is 189 cm³/mol. The summed E-state index contributed by atoms with van der Waals surface area (Å²) in [7, 11) is 0. The maximum atomic E-state index is 13.7.